The van der Waals surface area contributed by atoms with Crippen LogP contribution in [0.15, 0.2) is 0 Å². The first-order valence-corrected chi connectivity index (χ1v) is 9.01. The summed E-state index contributed by atoms with van der Waals surface area (Å²) in [6.07, 6.45) is 4.70. The number of hydrogen-bond donors (Lipinski definition) is 1. The van der Waals surface area contributed by atoms with Crippen molar-refractivity contribution >= 4 is 5.91 Å². The number of morpholine rings is 1. The van der Waals surface area contributed by atoms with E-state index in [0.717, 1.165) is 71.4 Å². The van der Waals surface area contributed by atoms with E-state index in [2.05, 4.69) is 10.2 Å². The molecule has 3 aliphatic rings. The first-order valence-electron chi connectivity index (χ1n) is 9.01. The number of nitrogens with one attached hydrogen (secondary N) is 1. The molecule has 6 nitrogen and oxygen atoms in total. The second-order valence-corrected chi connectivity index (χ2v) is 7.36. The van der Waals surface area contributed by atoms with Crippen molar-refractivity contribution in [2.24, 2.45) is 5.41 Å². The smallest absolute Gasteiger partial charge is 0.236 e. The maximum absolute atomic E-state index is 12.5. The number of piperidine rings is 1. The molecule has 0 bridgehead atoms. The summed E-state index contributed by atoms with van der Waals surface area (Å²) in [7, 11) is 1.79. The van der Waals surface area contributed by atoms with Crippen molar-refractivity contribution in [2.45, 2.75) is 31.7 Å². The number of hydrogen-bond acceptors (Lipinski definition) is 5. The maximum atomic E-state index is 12.5. The number of methoxy groups -OCH3 is 1. The molecule has 132 valence electrons. The highest BCUT2D eigenvalue weighted by Gasteiger charge is 2.37. The molecule has 3 fully saturated rings. The SMILES string of the molecule is COCC1(CNC2CC2)CCN(C(=O)CN2CCOCC2)CC1. The Balaban J connectivity index is 1.45. The van der Waals surface area contributed by atoms with Crippen LogP contribution in [-0.2, 0) is 14.3 Å². The van der Waals surface area contributed by atoms with Gasteiger partial charge >= 0.3 is 0 Å². The summed E-state index contributed by atoms with van der Waals surface area (Å²) in [4.78, 5) is 16.8. The summed E-state index contributed by atoms with van der Waals surface area (Å²) < 4.78 is 10.8. The van der Waals surface area contributed by atoms with E-state index in [0.29, 0.717) is 6.54 Å². The fourth-order valence-electron chi connectivity index (χ4n) is 3.61. The van der Waals surface area contributed by atoms with Gasteiger partial charge in [0.05, 0.1) is 26.4 Å². The predicted molar refractivity (Wildman–Crippen MR) is 88.4 cm³/mol. The third-order valence-electron chi connectivity index (χ3n) is 5.43. The van der Waals surface area contributed by atoms with Crippen molar-refractivity contribution in [1.82, 2.24) is 15.1 Å². The highest BCUT2D eigenvalue weighted by Crippen LogP contribution is 2.32. The van der Waals surface area contributed by atoms with E-state index in [-0.39, 0.29) is 11.3 Å². The second kappa shape index (κ2) is 7.92. The average Bonchev–Trinajstić information content (AvgIpc) is 3.39. The van der Waals surface area contributed by atoms with E-state index in [1.54, 1.807) is 7.11 Å². The van der Waals surface area contributed by atoms with Gasteiger partial charge in [0.15, 0.2) is 0 Å². The molecule has 6 heteroatoms. The fourth-order valence-corrected chi connectivity index (χ4v) is 3.61. The van der Waals surface area contributed by atoms with Gasteiger partial charge in [-0.1, -0.05) is 0 Å². The van der Waals surface area contributed by atoms with Crippen molar-refractivity contribution < 1.29 is 14.3 Å². The number of nitrogens with zero attached hydrogens (tertiary/aromatic N) is 2. The molecule has 1 saturated carbocycles. The topological polar surface area (TPSA) is 54.0 Å². The molecule has 1 amide bonds. The minimum atomic E-state index is 0.201. The van der Waals surface area contributed by atoms with Gasteiger partial charge in [0, 0.05) is 51.3 Å². The van der Waals surface area contributed by atoms with E-state index < -0.39 is 0 Å². The van der Waals surface area contributed by atoms with Gasteiger partial charge in [0.1, 0.15) is 0 Å². The first-order chi connectivity index (χ1) is 11.2. The average molecular weight is 325 g/mol. The molecule has 0 aromatic rings. The molecule has 0 aromatic heterocycles. The number of ether oxygens (including phenoxy) is 2. The Kier molecular flexibility index (Phi) is 5.91. The van der Waals surface area contributed by atoms with Gasteiger partial charge in [-0.3, -0.25) is 9.69 Å². The van der Waals surface area contributed by atoms with Crippen molar-refractivity contribution in [3.63, 3.8) is 0 Å². The fraction of sp³-hybridized carbons (Fsp3) is 0.941. The van der Waals surface area contributed by atoms with Gasteiger partial charge < -0.3 is 19.7 Å². The Hall–Kier alpha value is -0.690. The van der Waals surface area contributed by atoms with Crippen molar-refractivity contribution in [2.75, 3.05) is 66.2 Å². The number of carbonyl (C=O) groups excluding carboxylic acids is 1. The molecule has 0 radical (unpaired) electrons. The Morgan fingerprint density at radius 2 is 1.91 bits per heavy atom. The lowest BCUT2D eigenvalue weighted by molar-refractivity contribution is -0.136. The molecule has 23 heavy (non-hydrogen) atoms. The molecule has 0 spiro atoms. The molecular weight excluding hydrogens is 294 g/mol. The summed E-state index contributed by atoms with van der Waals surface area (Å²) >= 11 is 0. The third kappa shape index (κ3) is 4.89. The van der Waals surface area contributed by atoms with Gasteiger partial charge in [-0.05, 0) is 25.7 Å². The Morgan fingerprint density at radius 3 is 2.52 bits per heavy atom. The lowest BCUT2D eigenvalue weighted by Crippen LogP contribution is -2.52. The quantitative estimate of drug-likeness (QED) is 0.731. The standard InChI is InChI=1S/C17H31N3O3/c1-22-14-17(13-18-15-2-3-15)4-6-20(7-5-17)16(21)12-19-8-10-23-11-9-19/h15,18H,2-14H2,1H3. The maximum Gasteiger partial charge on any atom is 0.236 e. The van der Waals surface area contributed by atoms with Crippen LogP contribution in [0.25, 0.3) is 0 Å². The zero-order valence-corrected chi connectivity index (χ0v) is 14.4. The Morgan fingerprint density at radius 1 is 1.22 bits per heavy atom. The molecule has 1 aliphatic carbocycles. The zero-order valence-electron chi connectivity index (χ0n) is 14.4. The molecule has 2 saturated heterocycles. The molecule has 0 atom stereocenters. The molecule has 0 unspecified atom stereocenters. The highest BCUT2D eigenvalue weighted by atomic mass is 16.5. The third-order valence-corrected chi connectivity index (χ3v) is 5.43. The van der Waals surface area contributed by atoms with Crippen molar-refractivity contribution in [1.29, 1.82) is 0 Å². The van der Waals surface area contributed by atoms with Crippen LogP contribution in [-0.4, -0.2) is 87.9 Å². The van der Waals surface area contributed by atoms with Gasteiger partial charge in [-0.15, -0.1) is 0 Å². The van der Waals surface area contributed by atoms with Crippen LogP contribution in [0.4, 0.5) is 0 Å². The number of likely N-dealkylation sites (tertiary alicyclic amines) is 1. The number of carbonyl (C=O) groups is 1. The van der Waals surface area contributed by atoms with E-state index >= 15 is 0 Å². The summed E-state index contributed by atoms with van der Waals surface area (Å²) in [5, 5.41) is 3.66. The Bertz CT molecular complexity index is 387. The van der Waals surface area contributed by atoms with E-state index in [1.807, 2.05) is 4.90 Å². The minimum absolute atomic E-state index is 0.201. The van der Waals surface area contributed by atoms with Crippen LogP contribution in [0.1, 0.15) is 25.7 Å². The lowest BCUT2D eigenvalue weighted by atomic mass is 9.79. The van der Waals surface area contributed by atoms with Crippen LogP contribution in [0, 0.1) is 5.41 Å². The van der Waals surface area contributed by atoms with Crippen molar-refractivity contribution in [3.8, 4) is 0 Å². The van der Waals surface area contributed by atoms with E-state index in [1.165, 1.54) is 12.8 Å². The van der Waals surface area contributed by atoms with Crippen molar-refractivity contribution in [3.05, 3.63) is 0 Å². The van der Waals surface area contributed by atoms with Gasteiger partial charge in [0.25, 0.3) is 0 Å². The van der Waals surface area contributed by atoms with Gasteiger partial charge in [0.2, 0.25) is 5.91 Å². The molecular formula is C17H31N3O3. The molecule has 0 aromatic carbocycles. The largest absolute Gasteiger partial charge is 0.384 e. The van der Waals surface area contributed by atoms with Crippen LogP contribution in [0.5, 0.6) is 0 Å². The first kappa shape index (κ1) is 17.1. The minimum Gasteiger partial charge on any atom is -0.384 e. The summed E-state index contributed by atoms with van der Waals surface area (Å²) in [6.45, 7) is 7.32. The van der Waals surface area contributed by atoms with Crippen LogP contribution >= 0.6 is 0 Å². The van der Waals surface area contributed by atoms with Gasteiger partial charge in [-0.2, -0.15) is 0 Å². The van der Waals surface area contributed by atoms with Gasteiger partial charge in [-0.25, -0.2) is 0 Å². The lowest BCUT2D eigenvalue weighted by Gasteiger charge is -2.42. The van der Waals surface area contributed by atoms with E-state index in [9.17, 15) is 4.79 Å². The number of rotatable bonds is 7. The summed E-state index contributed by atoms with van der Waals surface area (Å²) in [5.74, 6) is 0.271. The van der Waals surface area contributed by atoms with Crippen LogP contribution in [0.3, 0.4) is 0 Å². The second-order valence-electron chi connectivity index (χ2n) is 7.36. The summed E-state index contributed by atoms with van der Waals surface area (Å²) in [6, 6.07) is 0.727. The monoisotopic (exact) mass is 325 g/mol. The van der Waals surface area contributed by atoms with E-state index in [4.69, 9.17) is 9.47 Å². The van der Waals surface area contributed by atoms with Crippen LogP contribution < -0.4 is 5.32 Å². The highest BCUT2D eigenvalue weighted by molar-refractivity contribution is 5.78. The predicted octanol–water partition coefficient (Wildman–Crippen LogP) is 0.326. The molecule has 2 aliphatic heterocycles. The Labute approximate surface area is 139 Å². The molecule has 1 N–H and O–H groups in total. The number of amides is 1. The normalized spacial score (nSPS) is 25.5. The van der Waals surface area contributed by atoms with Crippen LogP contribution in [0.2, 0.25) is 0 Å². The zero-order chi connectivity index (χ0) is 16.1. The summed E-state index contributed by atoms with van der Waals surface area (Å²) in [5.41, 5.74) is 0.201. The molecule has 3 rings (SSSR count). The molecule has 2 heterocycles.